The van der Waals surface area contributed by atoms with Crippen LogP contribution in [0.25, 0.3) is 10.6 Å². The Morgan fingerprint density at radius 3 is 2.36 bits per heavy atom. The fourth-order valence-corrected chi connectivity index (χ4v) is 3.01. The number of imide groups is 1. The van der Waals surface area contributed by atoms with E-state index >= 15 is 0 Å². The third-order valence-corrected chi connectivity index (χ3v) is 4.41. The Morgan fingerprint density at radius 2 is 1.84 bits per heavy atom. The fourth-order valence-electron chi connectivity index (χ4n) is 1.96. The molecule has 2 N–H and O–H groups in total. The molecule has 0 saturated carbocycles. The van der Waals surface area contributed by atoms with Gasteiger partial charge in [-0.3, -0.25) is 10.1 Å². The first kappa shape index (κ1) is 18.9. The number of hydrogen-bond donors (Lipinski definition) is 2. The zero-order chi connectivity index (χ0) is 18.6. The predicted molar refractivity (Wildman–Crippen MR) is 98.9 cm³/mol. The number of nitrogens with zero attached hydrogens (tertiary/aromatic N) is 1. The van der Waals surface area contributed by atoms with E-state index in [9.17, 15) is 9.59 Å². The summed E-state index contributed by atoms with van der Waals surface area (Å²) < 4.78 is 5.56. The van der Waals surface area contributed by atoms with Gasteiger partial charge in [-0.15, -0.1) is 11.3 Å². The molecule has 0 bridgehead atoms. The zero-order valence-corrected chi connectivity index (χ0v) is 15.9. The van der Waals surface area contributed by atoms with Crippen molar-refractivity contribution in [1.29, 1.82) is 0 Å². The van der Waals surface area contributed by atoms with E-state index in [0.717, 1.165) is 16.3 Å². The lowest BCUT2D eigenvalue weighted by Crippen LogP contribution is -2.43. The molecule has 0 radical (unpaired) electrons. The molecule has 0 saturated heterocycles. The maximum atomic E-state index is 11.8. The Labute approximate surface area is 151 Å². The van der Waals surface area contributed by atoms with Crippen LogP contribution in [-0.4, -0.2) is 30.1 Å². The molecule has 1 aromatic carbocycles. The molecule has 25 heavy (non-hydrogen) atoms. The molecular weight excluding hydrogens is 338 g/mol. The molecule has 134 valence electrons. The largest absolute Gasteiger partial charge is 0.481 e. The molecule has 2 rings (SSSR count). The van der Waals surface area contributed by atoms with Crippen molar-refractivity contribution in [2.45, 2.75) is 39.2 Å². The average molecular weight is 361 g/mol. The molecule has 0 fully saturated rings. The molecule has 0 aliphatic rings. The van der Waals surface area contributed by atoms with Gasteiger partial charge in [0.1, 0.15) is 10.8 Å². The number of thiazole rings is 1. The standard InChI is InChI=1S/C18H23N3O3S/c1-11(15(22)21-17(23)19-5)24-13-8-6-12(7-9-13)16-20-14(10-25-16)18(2,3)4/h6-11H,1-5H3,(H2,19,21,22,23)/t11-/m0/s1. The normalized spacial score (nSPS) is 12.4. The molecule has 0 spiro atoms. The minimum Gasteiger partial charge on any atom is -0.481 e. The van der Waals surface area contributed by atoms with E-state index in [1.54, 1.807) is 30.4 Å². The van der Waals surface area contributed by atoms with Gasteiger partial charge >= 0.3 is 6.03 Å². The van der Waals surface area contributed by atoms with Crippen molar-refractivity contribution >= 4 is 23.3 Å². The minimum absolute atomic E-state index is 0.0192. The number of ether oxygens (including phenoxy) is 1. The number of nitrogens with one attached hydrogen (secondary N) is 2. The highest BCUT2D eigenvalue weighted by atomic mass is 32.1. The molecule has 1 aromatic heterocycles. The monoisotopic (exact) mass is 361 g/mol. The van der Waals surface area contributed by atoms with Gasteiger partial charge in [-0.05, 0) is 31.2 Å². The summed E-state index contributed by atoms with van der Waals surface area (Å²) in [5.74, 6) is 0.0501. The van der Waals surface area contributed by atoms with E-state index in [2.05, 4.69) is 41.8 Å². The smallest absolute Gasteiger partial charge is 0.321 e. The summed E-state index contributed by atoms with van der Waals surface area (Å²) in [6, 6.07) is 6.83. The Kier molecular flexibility index (Phi) is 5.79. The van der Waals surface area contributed by atoms with Crippen molar-refractivity contribution in [3.05, 3.63) is 35.3 Å². The molecule has 6 nitrogen and oxygen atoms in total. The molecule has 0 aliphatic carbocycles. The highest BCUT2D eigenvalue weighted by Crippen LogP contribution is 2.30. The number of urea groups is 1. The molecule has 2 aromatic rings. The summed E-state index contributed by atoms with van der Waals surface area (Å²) in [4.78, 5) is 27.6. The second kappa shape index (κ2) is 7.65. The van der Waals surface area contributed by atoms with Crippen molar-refractivity contribution < 1.29 is 14.3 Å². The maximum Gasteiger partial charge on any atom is 0.321 e. The average Bonchev–Trinajstić information content (AvgIpc) is 3.05. The van der Waals surface area contributed by atoms with Crippen LogP contribution in [0.1, 0.15) is 33.4 Å². The Morgan fingerprint density at radius 1 is 1.20 bits per heavy atom. The highest BCUT2D eigenvalue weighted by Gasteiger charge is 2.19. The van der Waals surface area contributed by atoms with Crippen LogP contribution >= 0.6 is 11.3 Å². The molecule has 1 atom stereocenters. The van der Waals surface area contributed by atoms with Crippen molar-refractivity contribution in [3.8, 4) is 16.3 Å². The van der Waals surface area contributed by atoms with Gasteiger partial charge in [0, 0.05) is 23.4 Å². The van der Waals surface area contributed by atoms with Crippen molar-refractivity contribution in [2.75, 3.05) is 7.05 Å². The zero-order valence-electron chi connectivity index (χ0n) is 15.0. The summed E-state index contributed by atoms with van der Waals surface area (Å²) in [6.45, 7) is 7.98. The number of hydrogen-bond acceptors (Lipinski definition) is 5. The number of rotatable bonds is 4. The van der Waals surface area contributed by atoms with Crippen molar-refractivity contribution in [2.24, 2.45) is 0 Å². The Balaban J connectivity index is 2.03. The highest BCUT2D eigenvalue weighted by molar-refractivity contribution is 7.13. The topological polar surface area (TPSA) is 80.3 Å². The number of carbonyl (C=O) groups excluding carboxylic acids is 2. The third-order valence-electron chi connectivity index (χ3n) is 3.52. The summed E-state index contributed by atoms with van der Waals surface area (Å²) >= 11 is 1.60. The quantitative estimate of drug-likeness (QED) is 0.875. The molecule has 0 unspecified atom stereocenters. The third kappa shape index (κ3) is 5.03. The van der Waals surface area contributed by atoms with Crippen LogP contribution in [0.3, 0.4) is 0 Å². The lowest BCUT2D eigenvalue weighted by atomic mass is 9.93. The van der Waals surface area contributed by atoms with Gasteiger partial charge in [-0.2, -0.15) is 0 Å². The van der Waals surface area contributed by atoms with E-state index < -0.39 is 18.0 Å². The van der Waals surface area contributed by atoms with Gasteiger partial charge in [0.2, 0.25) is 0 Å². The first-order valence-electron chi connectivity index (χ1n) is 7.96. The number of amides is 3. The SMILES string of the molecule is CNC(=O)NC(=O)[C@H](C)Oc1ccc(-c2nc(C(C)(C)C)cs2)cc1. The molecule has 0 aliphatic heterocycles. The van der Waals surface area contributed by atoms with Crippen LogP contribution in [0.15, 0.2) is 29.6 Å². The van der Waals surface area contributed by atoms with Crippen LogP contribution < -0.4 is 15.4 Å². The van der Waals surface area contributed by atoms with Gasteiger partial charge in [0.05, 0.1) is 5.69 Å². The van der Waals surface area contributed by atoms with Crippen LogP contribution in [0, 0.1) is 0 Å². The summed E-state index contributed by atoms with van der Waals surface area (Å²) in [5, 5.41) is 7.52. The van der Waals surface area contributed by atoms with Crippen LogP contribution in [0.2, 0.25) is 0 Å². The number of aromatic nitrogens is 1. The number of carbonyl (C=O) groups is 2. The van der Waals surface area contributed by atoms with Gasteiger partial charge in [0.15, 0.2) is 6.10 Å². The van der Waals surface area contributed by atoms with Crippen molar-refractivity contribution in [1.82, 2.24) is 15.6 Å². The van der Waals surface area contributed by atoms with E-state index in [0.29, 0.717) is 5.75 Å². The second-order valence-electron chi connectivity index (χ2n) is 6.64. The molecular formula is C18H23N3O3S. The van der Waals surface area contributed by atoms with E-state index in [1.807, 2.05) is 12.1 Å². The fraction of sp³-hybridized carbons (Fsp3) is 0.389. The van der Waals surface area contributed by atoms with E-state index in [-0.39, 0.29) is 5.41 Å². The molecule has 7 heteroatoms. The lowest BCUT2D eigenvalue weighted by Gasteiger charge is -2.14. The van der Waals surface area contributed by atoms with E-state index in [1.165, 1.54) is 7.05 Å². The minimum atomic E-state index is -0.782. The summed E-state index contributed by atoms with van der Waals surface area (Å²) in [7, 11) is 1.44. The second-order valence-corrected chi connectivity index (χ2v) is 7.50. The molecule has 3 amide bonds. The van der Waals surface area contributed by atoms with Crippen molar-refractivity contribution in [3.63, 3.8) is 0 Å². The predicted octanol–water partition coefficient (Wildman–Crippen LogP) is 3.33. The van der Waals surface area contributed by atoms with Crippen LogP contribution in [0.5, 0.6) is 5.75 Å². The number of benzene rings is 1. The summed E-state index contributed by atoms with van der Waals surface area (Å²) in [6.07, 6.45) is -0.782. The Bertz CT molecular complexity index is 748. The van der Waals surface area contributed by atoms with E-state index in [4.69, 9.17) is 4.74 Å². The van der Waals surface area contributed by atoms with Gasteiger partial charge in [-0.1, -0.05) is 20.8 Å². The van der Waals surface area contributed by atoms with Crippen LogP contribution in [0.4, 0.5) is 4.79 Å². The first-order chi connectivity index (χ1) is 11.7. The first-order valence-corrected chi connectivity index (χ1v) is 8.84. The van der Waals surface area contributed by atoms with Gasteiger partial charge < -0.3 is 10.1 Å². The van der Waals surface area contributed by atoms with Gasteiger partial charge in [-0.25, -0.2) is 9.78 Å². The Hall–Kier alpha value is -2.41. The summed E-state index contributed by atoms with van der Waals surface area (Å²) in [5.41, 5.74) is 2.08. The lowest BCUT2D eigenvalue weighted by molar-refractivity contribution is -0.126. The maximum absolute atomic E-state index is 11.8. The van der Waals surface area contributed by atoms with Gasteiger partial charge in [0.25, 0.3) is 5.91 Å². The van der Waals surface area contributed by atoms with Crippen LogP contribution in [-0.2, 0) is 10.2 Å². The molecule has 1 heterocycles.